The number of nitrogens with zero attached hydrogens (tertiary/aromatic N) is 5. The quantitative estimate of drug-likeness (QED) is 0.165. The van der Waals surface area contributed by atoms with Crippen molar-refractivity contribution in [1.82, 2.24) is 24.5 Å². The van der Waals surface area contributed by atoms with E-state index >= 15 is 0 Å². The molecule has 0 aliphatic heterocycles. The standard InChI is InChI=1S/C56H40N6S/c1-3-50-58-46-21-13-14-22-47(46)62(50)41-27-24-39(25-28-41)56(38-19-11-6-12-20-38)44-30-23-37(55-60-53(35-15-7-4-8-16-35)59-54(61-55)36-17-9-5-10-18-36)33-43(44)51-45(56)31-32-48-52(51)42-29-26-40(57-2)34-49(42)63-48/h4-34,57H,3H2,1-2H3. The highest BCUT2D eigenvalue weighted by molar-refractivity contribution is 7.26. The second kappa shape index (κ2) is 14.7. The molecule has 8 aromatic carbocycles. The molecule has 0 saturated heterocycles. The first-order valence-electron chi connectivity index (χ1n) is 21.4. The summed E-state index contributed by atoms with van der Waals surface area (Å²) in [5.74, 6) is 2.96. The van der Waals surface area contributed by atoms with Crippen LogP contribution in [-0.2, 0) is 11.8 Å². The molecule has 300 valence electrons. The van der Waals surface area contributed by atoms with Gasteiger partial charge in [-0.2, -0.15) is 0 Å². The number of nitrogens with one attached hydrogen (secondary N) is 1. The number of benzene rings is 8. The molecule has 1 atom stereocenters. The average Bonchev–Trinajstić information content (AvgIpc) is 4.02. The molecule has 1 unspecified atom stereocenters. The topological polar surface area (TPSA) is 68.5 Å². The van der Waals surface area contributed by atoms with Crippen LogP contribution in [0, 0.1) is 0 Å². The summed E-state index contributed by atoms with van der Waals surface area (Å²) >= 11 is 1.85. The van der Waals surface area contributed by atoms with Gasteiger partial charge in [0, 0.05) is 61.7 Å². The lowest BCUT2D eigenvalue weighted by atomic mass is 9.67. The Bertz CT molecular complexity index is 3470. The van der Waals surface area contributed by atoms with Gasteiger partial charge in [0.15, 0.2) is 17.5 Å². The van der Waals surface area contributed by atoms with E-state index in [0.717, 1.165) is 51.3 Å². The first-order chi connectivity index (χ1) is 31.1. The smallest absolute Gasteiger partial charge is 0.164 e. The van der Waals surface area contributed by atoms with Crippen molar-refractivity contribution in [2.45, 2.75) is 18.8 Å². The summed E-state index contributed by atoms with van der Waals surface area (Å²) in [5.41, 5.74) is 13.8. The van der Waals surface area contributed by atoms with Gasteiger partial charge in [0.25, 0.3) is 0 Å². The third-order valence-electron chi connectivity index (χ3n) is 12.7. The Morgan fingerprint density at radius 1 is 0.540 bits per heavy atom. The molecule has 3 heterocycles. The molecule has 0 spiro atoms. The molecule has 1 aliphatic rings. The van der Waals surface area contributed by atoms with Crippen LogP contribution in [0.1, 0.15) is 35.0 Å². The molecule has 0 bridgehead atoms. The number of aromatic nitrogens is 5. The Morgan fingerprint density at radius 3 is 1.84 bits per heavy atom. The lowest BCUT2D eigenvalue weighted by molar-refractivity contribution is 0.768. The molecule has 11 aromatic rings. The zero-order chi connectivity index (χ0) is 42.1. The second-order valence-corrected chi connectivity index (χ2v) is 17.2. The fraction of sp³-hybridized carbons (Fsp3) is 0.0714. The van der Waals surface area contributed by atoms with Crippen LogP contribution in [0.15, 0.2) is 188 Å². The molecule has 3 aromatic heterocycles. The summed E-state index contributed by atoms with van der Waals surface area (Å²) in [6, 6.07) is 67.4. The maximum atomic E-state index is 5.19. The average molecular weight is 829 g/mol. The number of thiophene rings is 1. The summed E-state index contributed by atoms with van der Waals surface area (Å²) < 4.78 is 4.81. The van der Waals surface area contributed by atoms with E-state index in [4.69, 9.17) is 19.9 Å². The van der Waals surface area contributed by atoms with E-state index in [1.54, 1.807) is 0 Å². The fourth-order valence-corrected chi connectivity index (χ4v) is 11.0. The van der Waals surface area contributed by atoms with Crippen LogP contribution in [0.5, 0.6) is 0 Å². The highest BCUT2D eigenvalue weighted by atomic mass is 32.1. The van der Waals surface area contributed by atoms with Crippen molar-refractivity contribution < 1.29 is 0 Å². The molecule has 0 amide bonds. The van der Waals surface area contributed by atoms with Crippen molar-refractivity contribution >= 4 is 48.2 Å². The van der Waals surface area contributed by atoms with E-state index in [1.807, 2.05) is 54.8 Å². The molecule has 6 nitrogen and oxygen atoms in total. The Kier molecular flexibility index (Phi) is 8.66. The van der Waals surface area contributed by atoms with Crippen LogP contribution in [0.3, 0.4) is 0 Å². The number of anilines is 1. The number of rotatable bonds is 8. The van der Waals surface area contributed by atoms with Gasteiger partial charge in [0.2, 0.25) is 0 Å². The number of aryl methyl sites for hydroxylation is 1. The van der Waals surface area contributed by atoms with E-state index < -0.39 is 5.41 Å². The highest BCUT2D eigenvalue weighted by Crippen LogP contribution is 2.60. The lowest BCUT2D eigenvalue weighted by Gasteiger charge is -2.34. The summed E-state index contributed by atoms with van der Waals surface area (Å²) in [4.78, 5) is 20.4. The first kappa shape index (κ1) is 37.1. The summed E-state index contributed by atoms with van der Waals surface area (Å²) in [6.07, 6.45) is 0.828. The van der Waals surface area contributed by atoms with E-state index in [-0.39, 0.29) is 0 Å². The minimum absolute atomic E-state index is 0.633. The summed E-state index contributed by atoms with van der Waals surface area (Å²) in [7, 11) is 1.98. The molecule has 63 heavy (non-hydrogen) atoms. The van der Waals surface area contributed by atoms with Gasteiger partial charge < -0.3 is 5.32 Å². The SMILES string of the molecule is CCc1nc2ccccc2n1-c1ccc(C2(c3ccccc3)c3ccc(-c4nc(-c5ccccc5)nc(-c5ccccc5)n4)cc3-c3c2ccc2sc4cc(NC)ccc4c32)cc1. The van der Waals surface area contributed by atoms with E-state index in [0.29, 0.717) is 17.5 Å². The molecule has 1 aliphatic carbocycles. The molecule has 0 radical (unpaired) electrons. The largest absolute Gasteiger partial charge is 0.388 e. The Hall–Kier alpha value is -7.74. The number of imidazole rings is 1. The molecule has 7 heteroatoms. The molecular formula is C56H40N6S. The second-order valence-electron chi connectivity index (χ2n) is 16.1. The molecule has 1 N–H and O–H groups in total. The summed E-state index contributed by atoms with van der Waals surface area (Å²) in [6.45, 7) is 2.17. The van der Waals surface area contributed by atoms with Crippen LogP contribution in [0.25, 0.3) is 82.2 Å². The van der Waals surface area contributed by atoms with Crippen LogP contribution >= 0.6 is 11.3 Å². The van der Waals surface area contributed by atoms with E-state index in [9.17, 15) is 0 Å². The van der Waals surface area contributed by atoms with Crippen molar-refractivity contribution in [2.75, 3.05) is 12.4 Å². The molecule has 0 fully saturated rings. The zero-order valence-corrected chi connectivity index (χ0v) is 35.6. The van der Waals surface area contributed by atoms with Gasteiger partial charge in [-0.3, -0.25) is 4.57 Å². The number of fused-ring (bicyclic) bond motifs is 8. The number of hydrogen-bond donors (Lipinski definition) is 1. The van der Waals surface area contributed by atoms with Gasteiger partial charge in [-0.05, 0) is 81.9 Å². The van der Waals surface area contributed by atoms with Crippen LogP contribution < -0.4 is 5.32 Å². The van der Waals surface area contributed by atoms with Crippen molar-refractivity contribution in [3.05, 3.63) is 216 Å². The normalized spacial score (nSPS) is 14.3. The van der Waals surface area contributed by atoms with Gasteiger partial charge in [-0.15, -0.1) is 11.3 Å². The highest BCUT2D eigenvalue weighted by Gasteiger charge is 2.47. The first-order valence-corrected chi connectivity index (χ1v) is 22.3. The molecular weight excluding hydrogens is 789 g/mol. The number of hydrogen-bond acceptors (Lipinski definition) is 6. The van der Waals surface area contributed by atoms with E-state index in [2.05, 4.69) is 168 Å². The predicted octanol–water partition coefficient (Wildman–Crippen LogP) is 13.5. The fourth-order valence-electron chi connectivity index (χ4n) is 9.85. The third kappa shape index (κ3) is 5.77. The predicted molar refractivity (Wildman–Crippen MR) is 260 cm³/mol. The maximum absolute atomic E-state index is 5.19. The van der Waals surface area contributed by atoms with Crippen molar-refractivity contribution in [2.24, 2.45) is 0 Å². The third-order valence-corrected chi connectivity index (χ3v) is 13.8. The Morgan fingerprint density at radius 2 is 1.16 bits per heavy atom. The van der Waals surface area contributed by atoms with Crippen molar-refractivity contribution in [3.63, 3.8) is 0 Å². The van der Waals surface area contributed by atoms with Crippen LogP contribution in [0.4, 0.5) is 5.69 Å². The Labute approximate surface area is 369 Å². The molecule has 12 rings (SSSR count). The maximum Gasteiger partial charge on any atom is 0.164 e. The van der Waals surface area contributed by atoms with E-state index in [1.165, 1.54) is 53.6 Å². The lowest BCUT2D eigenvalue weighted by Crippen LogP contribution is -2.28. The minimum Gasteiger partial charge on any atom is -0.388 e. The minimum atomic E-state index is -0.634. The Balaban J connectivity index is 1.14. The van der Waals surface area contributed by atoms with Gasteiger partial charge in [-0.1, -0.05) is 146 Å². The van der Waals surface area contributed by atoms with Gasteiger partial charge in [-0.25, -0.2) is 19.9 Å². The zero-order valence-electron chi connectivity index (χ0n) is 34.7. The van der Waals surface area contributed by atoms with Gasteiger partial charge >= 0.3 is 0 Å². The van der Waals surface area contributed by atoms with Crippen molar-refractivity contribution in [3.8, 4) is 51.0 Å². The van der Waals surface area contributed by atoms with Crippen LogP contribution in [-0.4, -0.2) is 31.6 Å². The monoisotopic (exact) mass is 828 g/mol. The summed E-state index contributed by atoms with van der Waals surface area (Å²) in [5, 5.41) is 5.88. The number of para-hydroxylation sites is 2. The van der Waals surface area contributed by atoms with Crippen molar-refractivity contribution in [1.29, 1.82) is 0 Å². The van der Waals surface area contributed by atoms with Gasteiger partial charge in [0.1, 0.15) is 5.82 Å². The van der Waals surface area contributed by atoms with Crippen LogP contribution in [0.2, 0.25) is 0 Å². The molecule has 0 saturated carbocycles. The van der Waals surface area contributed by atoms with Gasteiger partial charge in [0.05, 0.1) is 16.4 Å².